The standard InChI is InChI=1S/C41H37N5O11/c47-37(42-27-16-6-1-7-17-27)52-26-32-33(54-38(48)43-28-18-8-2-9-19-28)34(55-39(49)44-29-20-10-3-11-21-29)35(56-40(50)45-30-22-12-4-13-23-30)36(53-32)57-41(51)46-31-24-14-5-15-25-31/h1-25,32-36H,26H2,(H,42,47)(H,43,48)(H,44,49)(H,45,50)(H,46,51)/t32-,33-,34+,35-,36?/m1/s1. The zero-order valence-electron chi connectivity index (χ0n) is 30.0. The number of amides is 5. The molecule has 5 N–H and O–H groups in total. The average molecular weight is 776 g/mol. The lowest BCUT2D eigenvalue weighted by atomic mass is 9.98. The van der Waals surface area contributed by atoms with Crippen molar-refractivity contribution in [3.63, 3.8) is 0 Å². The predicted molar refractivity (Wildman–Crippen MR) is 208 cm³/mol. The summed E-state index contributed by atoms with van der Waals surface area (Å²) in [5.74, 6) is 0. The van der Waals surface area contributed by atoms with Crippen LogP contribution in [0.25, 0.3) is 0 Å². The van der Waals surface area contributed by atoms with Gasteiger partial charge in [0.05, 0.1) is 0 Å². The Morgan fingerprint density at radius 3 is 1.05 bits per heavy atom. The molecule has 16 heteroatoms. The van der Waals surface area contributed by atoms with Crippen LogP contribution in [0.5, 0.6) is 0 Å². The maximum atomic E-state index is 13.6. The number of hydrogen-bond donors (Lipinski definition) is 5. The molecule has 0 radical (unpaired) electrons. The summed E-state index contributed by atoms with van der Waals surface area (Å²) in [6.07, 6.45) is -13.8. The van der Waals surface area contributed by atoms with Gasteiger partial charge in [0.25, 0.3) is 0 Å². The Morgan fingerprint density at radius 1 is 0.386 bits per heavy atom. The van der Waals surface area contributed by atoms with E-state index in [9.17, 15) is 24.0 Å². The maximum absolute atomic E-state index is 13.6. The molecule has 0 aliphatic carbocycles. The SMILES string of the molecule is O=C(Nc1ccccc1)OC[C@H]1OC(OC(=O)Nc2ccccc2)[C@H](OC(=O)Nc2ccccc2)[C@@H](OC(=O)Nc2ccccc2)[C@@H]1OC(=O)Nc1ccccc1. The highest BCUT2D eigenvalue weighted by atomic mass is 16.8. The van der Waals surface area contributed by atoms with Crippen molar-refractivity contribution < 1.29 is 52.4 Å². The van der Waals surface area contributed by atoms with E-state index < -0.39 is 67.8 Å². The van der Waals surface area contributed by atoms with Crippen molar-refractivity contribution in [3.05, 3.63) is 152 Å². The zero-order chi connectivity index (χ0) is 39.8. The molecule has 292 valence electrons. The van der Waals surface area contributed by atoms with Crippen LogP contribution in [0.15, 0.2) is 152 Å². The molecule has 0 bridgehead atoms. The van der Waals surface area contributed by atoms with Crippen molar-refractivity contribution in [2.75, 3.05) is 33.2 Å². The number of carbonyl (C=O) groups excluding carboxylic acids is 5. The third-order valence-electron chi connectivity index (χ3n) is 8.02. The molecule has 5 aromatic carbocycles. The van der Waals surface area contributed by atoms with Gasteiger partial charge in [-0.1, -0.05) is 91.0 Å². The molecule has 5 atom stereocenters. The molecule has 1 aliphatic rings. The monoisotopic (exact) mass is 775 g/mol. The van der Waals surface area contributed by atoms with Gasteiger partial charge in [0, 0.05) is 28.4 Å². The molecule has 1 fully saturated rings. The van der Waals surface area contributed by atoms with Crippen molar-refractivity contribution in [1.82, 2.24) is 0 Å². The lowest BCUT2D eigenvalue weighted by molar-refractivity contribution is -0.279. The van der Waals surface area contributed by atoms with Crippen LogP contribution < -0.4 is 26.6 Å². The number of anilines is 5. The van der Waals surface area contributed by atoms with Crippen molar-refractivity contribution in [2.45, 2.75) is 30.7 Å². The first-order valence-electron chi connectivity index (χ1n) is 17.5. The zero-order valence-corrected chi connectivity index (χ0v) is 30.0. The summed E-state index contributed by atoms with van der Waals surface area (Å²) in [5.41, 5.74) is 1.79. The molecule has 1 aliphatic heterocycles. The molecule has 5 aromatic rings. The van der Waals surface area contributed by atoms with Gasteiger partial charge in [-0.15, -0.1) is 0 Å². The van der Waals surface area contributed by atoms with Crippen LogP contribution in [0, 0.1) is 0 Å². The van der Waals surface area contributed by atoms with Crippen molar-refractivity contribution in [1.29, 1.82) is 0 Å². The highest BCUT2D eigenvalue weighted by Gasteiger charge is 2.54. The van der Waals surface area contributed by atoms with Gasteiger partial charge in [-0.2, -0.15) is 0 Å². The van der Waals surface area contributed by atoms with Gasteiger partial charge < -0.3 is 28.4 Å². The molecule has 6 rings (SSSR count). The number of carbonyl (C=O) groups is 5. The Bertz CT molecular complexity index is 2080. The highest BCUT2D eigenvalue weighted by molar-refractivity contribution is 5.87. The van der Waals surface area contributed by atoms with Crippen LogP contribution in [-0.4, -0.2) is 67.8 Å². The number of rotatable bonds is 11. The Morgan fingerprint density at radius 2 is 0.684 bits per heavy atom. The first kappa shape index (κ1) is 39.1. The van der Waals surface area contributed by atoms with Gasteiger partial charge in [-0.05, 0) is 60.7 Å². The fourth-order valence-corrected chi connectivity index (χ4v) is 5.49. The molecular weight excluding hydrogens is 738 g/mol. The van der Waals surface area contributed by atoms with E-state index in [4.69, 9.17) is 28.4 Å². The van der Waals surface area contributed by atoms with Gasteiger partial charge in [0.15, 0.2) is 12.2 Å². The number of ether oxygens (including phenoxy) is 6. The molecule has 1 heterocycles. The van der Waals surface area contributed by atoms with Gasteiger partial charge >= 0.3 is 30.5 Å². The number of hydrogen-bond acceptors (Lipinski definition) is 11. The third-order valence-corrected chi connectivity index (χ3v) is 8.02. The first-order chi connectivity index (χ1) is 27.8. The van der Waals surface area contributed by atoms with Crippen LogP contribution >= 0.6 is 0 Å². The Kier molecular flexibility index (Phi) is 13.5. The van der Waals surface area contributed by atoms with Gasteiger partial charge in [-0.3, -0.25) is 26.6 Å². The van der Waals surface area contributed by atoms with E-state index >= 15 is 0 Å². The van der Waals surface area contributed by atoms with Crippen molar-refractivity contribution in [2.24, 2.45) is 0 Å². The molecule has 0 spiro atoms. The van der Waals surface area contributed by atoms with E-state index in [-0.39, 0.29) is 0 Å². The van der Waals surface area contributed by atoms with Crippen LogP contribution in [-0.2, 0) is 28.4 Å². The fourth-order valence-electron chi connectivity index (χ4n) is 5.49. The van der Waals surface area contributed by atoms with Crippen LogP contribution in [0.1, 0.15) is 0 Å². The molecule has 0 saturated carbocycles. The lowest BCUT2D eigenvalue weighted by Crippen LogP contribution is -2.64. The smallest absolute Gasteiger partial charge is 0.414 e. The summed E-state index contributed by atoms with van der Waals surface area (Å²) in [4.78, 5) is 66.8. The summed E-state index contributed by atoms with van der Waals surface area (Å²) in [6, 6.07) is 41.6. The fraction of sp³-hybridized carbons (Fsp3) is 0.146. The van der Waals surface area contributed by atoms with Crippen LogP contribution in [0.3, 0.4) is 0 Å². The summed E-state index contributed by atoms with van der Waals surface area (Å²) in [5, 5.41) is 12.8. The Labute approximate surface area is 326 Å². The van der Waals surface area contributed by atoms with Crippen LogP contribution in [0.2, 0.25) is 0 Å². The summed E-state index contributed by atoms with van der Waals surface area (Å²) >= 11 is 0. The highest BCUT2D eigenvalue weighted by Crippen LogP contribution is 2.31. The molecule has 1 unspecified atom stereocenters. The van der Waals surface area contributed by atoms with Gasteiger partial charge in [-0.25, -0.2) is 24.0 Å². The minimum absolute atomic E-state index is 0.334. The summed E-state index contributed by atoms with van der Waals surface area (Å²) in [7, 11) is 0. The molecule has 1 saturated heterocycles. The molecule has 5 amide bonds. The summed E-state index contributed by atoms with van der Waals surface area (Å²) in [6.45, 7) is -0.648. The first-order valence-corrected chi connectivity index (χ1v) is 17.5. The maximum Gasteiger partial charge on any atom is 0.414 e. The lowest BCUT2D eigenvalue weighted by Gasteiger charge is -2.43. The van der Waals surface area contributed by atoms with E-state index in [1.54, 1.807) is 152 Å². The normalized spacial score (nSPS) is 18.4. The second kappa shape index (κ2) is 19.7. The van der Waals surface area contributed by atoms with E-state index in [0.29, 0.717) is 28.4 Å². The molecular formula is C41H37N5O11. The van der Waals surface area contributed by atoms with E-state index in [0.717, 1.165) is 0 Å². The summed E-state index contributed by atoms with van der Waals surface area (Å²) < 4.78 is 34.8. The van der Waals surface area contributed by atoms with Gasteiger partial charge in [0.2, 0.25) is 12.4 Å². The molecule has 57 heavy (non-hydrogen) atoms. The minimum atomic E-state index is -1.85. The number of nitrogens with one attached hydrogen (secondary N) is 5. The predicted octanol–water partition coefficient (Wildman–Crippen LogP) is 8.06. The second-order valence-electron chi connectivity index (χ2n) is 12.1. The quantitative estimate of drug-likeness (QED) is 0.0813. The van der Waals surface area contributed by atoms with Crippen molar-refractivity contribution in [3.8, 4) is 0 Å². The average Bonchev–Trinajstić information content (AvgIpc) is 3.21. The molecule has 0 aromatic heterocycles. The topological polar surface area (TPSA) is 201 Å². The Hall–Kier alpha value is -7.59. The largest absolute Gasteiger partial charge is 0.446 e. The Balaban J connectivity index is 1.34. The number of benzene rings is 5. The third kappa shape index (κ3) is 12.0. The minimum Gasteiger partial charge on any atom is -0.446 e. The van der Waals surface area contributed by atoms with Crippen molar-refractivity contribution >= 4 is 58.9 Å². The number of para-hydroxylation sites is 5. The van der Waals surface area contributed by atoms with E-state index in [1.807, 2.05) is 0 Å². The second-order valence-corrected chi connectivity index (χ2v) is 12.1. The van der Waals surface area contributed by atoms with E-state index in [2.05, 4.69) is 26.6 Å². The van der Waals surface area contributed by atoms with Gasteiger partial charge in [0.1, 0.15) is 12.7 Å². The van der Waals surface area contributed by atoms with Crippen LogP contribution in [0.4, 0.5) is 52.4 Å². The molecule has 16 nitrogen and oxygen atoms in total. The van der Waals surface area contributed by atoms with E-state index in [1.165, 1.54) is 0 Å².